The zero-order chi connectivity index (χ0) is 13.0. The molecule has 18 heavy (non-hydrogen) atoms. The lowest BCUT2D eigenvalue weighted by Crippen LogP contribution is -2.45. The Morgan fingerprint density at radius 1 is 1.17 bits per heavy atom. The minimum atomic E-state index is -0.221. The third-order valence-corrected chi connectivity index (χ3v) is 4.49. The van der Waals surface area contributed by atoms with Crippen molar-refractivity contribution in [1.29, 1.82) is 0 Å². The minimum Gasteiger partial charge on any atom is -0.393 e. The van der Waals surface area contributed by atoms with Crippen LogP contribution in [0.25, 0.3) is 0 Å². The molecule has 2 saturated carbocycles. The number of amides is 2. The molecule has 0 aromatic carbocycles. The molecule has 0 bridgehead atoms. The first-order valence-corrected chi connectivity index (χ1v) is 7.37. The second-order valence-corrected chi connectivity index (χ2v) is 6.07. The molecule has 2 rings (SSSR count). The van der Waals surface area contributed by atoms with E-state index in [9.17, 15) is 9.90 Å². The van der Waals surface area contributed by atoms with Crippen LogP contribution < -0.4 is 10.6 Å². The summed E-state index contributed by atoms with van der Waals surface area (Å²) in [6, 6.07) is 0.281. The van der Waals surface area contributed by atoms with Crippen molar-refractivity contribution in [3.63, 3.8) is 0 Å². The highest BCUT2D eigenvalue weighted by molar-refractivity contribution is 5.74. The lowest BCUT2D eigenvalue weighted by Gasteiger charge is -2.27. The molecule has 0 aromatic rings. The molecule has 0 spiro atoms. The zero-order valence-corrected chi connectivity index (χ0v) is 11.3. The number of aliphatic hydroxyl groups excluding tert-OH is 1. The quantitative estimate of drug-likeness (QED) is 0.721. The van der Waals surface area contributed by atoms with E-state index >= 15 is 0 Å². The van der Waals surface area contributed by atoms with Gasteiger partial charge in [0.25, 0.3) is 0 Å². The fourth-order valence-electron chi connectivity index (χ4n) is 3.12. The molecule has 104 valence electrons. The number of rotatable bonds is 3. The summed E-state index contributed by atoms with van der Waals surface area (Å²) in [6.07, 6.45) is 7.40. The lowest BCUT2D eigenvalue weighted by molar-refractivity contribution is 0.132. The van der Waals surface area contributed by atoms with Crippen LogP contribution in [-0.2, 0) is 0 Å². The van der Waals surface area contributed by atoms with Gasteiger partial charge in [-0.2, -0.15) is 0 Å². The van der Waals surface area contributed by atoms with Gasteiger partial charge in [0.05, 0.1) is 6.10 Å². The largest absolute Gasteiger partial charge is 0.393 e. The van der Waals surface area contributed by atoms with Crippen molar-refractivity contribution in [2.75, 3.05) is 6.54 Å². The molecule has 2 amide bonds. The highest BCUT2D eigenvalue weighted by atomic mass is 16.3. The van der Waals surface area contributed by atoms with Crippen molar-refractivity contribution in [1.82, 2.24) is 10.6 Å². The van der Waals surface area contributed by atoms with Gasteiger partial charge in [0.2, 0.25) is 0 Å². The first-order valence-electron chi connectivity index (χ1n) is 7.37. The monoisotopic (exact) mass is 254 g/mol. The molecule has 2 aliphatic carbocycles. The van der Waals surface area contributed by atoms with Crippen molar-refractivity contribution < 1.29 is 9.90 Å². The van der Waals surface area contributed by atoms with Crippen LogP contribution in [0.1, 0.15) is 51.9 Å². The summed E-state index contributed by atoms with van der Waals surface area (Å²) in [5, 5.41) is 15.6. The Hall–Kier alpha value is -0.770. The molecule has 2 atom stereocenters. The van der Waals surface area contributed by atoms with Crippen LogP contribution in [0.15, 0.2) is 0 Å². The second-order valence-electron chi connectivity index (χ2n) is 6.07. The summed E-state index contributed by atoms with van der Waals surface area (Å²) in [6.45, 7) is 2.88. The average molecular weight is 254 g/mol. The van der Waals surface area contributed by atoms with Gasteiger partial charge in [0, 0.05) is 18.5 Å². The smallest absolute Gasteiger partial charge is 0.315 e. The molecule has 2 aliphatic rings. The maximum Gasteiger partial charge on any atom is 0.315 e. The molecule has 0 radical (unpaired) electrons. The Bertz CT molecular complexity index is 275. The van der Waals surface area contributed by atoms with Crippen molar-refractivity contribution >= 4 is 6.03 Å². The van der Waals surface area contributed by atoms with E-state index in [2.05, 4.69) is 17.6 Å². The van der Waals surface area contributed by atoms with Gasteiger partial charge >= 0.3 is 6.03 Å². The number of carbonyl (C=O) groups excluding carboxylic acids is 1. The molecule has 4 nitrogen and oxygen atoms in total. The van der Waals surface area contributed by atoms with Crippen molar-refractivity contribution in [2.24, 2.45) is 11.8 Å². The molecule has 4 heteroatoms. The van der Waals surface area contributed by atoms with Gasteiger partial charge in [-0.15, -0.1) is 0 Å². The SMILES string of the molecule is CC1CCC(NC(=O)NC[C@@H]2CCC[C@@H]2O)CC1. The van der Waals surface area contributed by atoms with E-state index in [0.29, 0.717) is 12.6 Å². The number of hydrogen-bond acceptors (Lipinski definition) is 2. The summed E-state index contributed by atoms with van der Waals surface area (Å²) in [5.41, 5.74) is 0. The van der Waals surface area contributed by atoms with Crippen LogP contribution >= 0.6 is 0 Å². The number of hydrogen-bond donors (Lipinski definition) is 3. The van der Waals surface area contributed by atoms with E-state index < -0.39 is 0 Å². The van der Waals surface area contributed by atoms with Crippen LogP contribution in [0.4, 0.5) is 4.79 Å². The van der Waals surface area contributed by atoms with Gasteiger partial charge < -0.3 is 15.7 Å². The predicted octanol–water partition coefficient (Wildman–Crippen LogP) is 2.03. The second kappa shape index (κ2) is 6.41. The molecule has 0 heterocycles. The van der Waals surface area contributed by atoms with E-state index in [0.717, 1.165) is 38.0 Å². The van der Waals surface area contributed by atoms with E-state index in [4.69, 9.17) is 0 Å². The third kappa shape index (κ3) is 3.87. The zero-order valence-electron chi connectivity index (χ0n) is 11.3. The van der Waals surface area contributed by atoms with Crippen LogP contribution in [0.2, 0.25) is 0 Å². The fourth-order valence-corrected chi connectivity index (χ4v) is 3.12. The highest BCUT2D eigenvalue weighted by Gasteiger charge is 2.26. The Balaban J connectivity index is 1.63. The standard InChI is InChI=1S/C14H26N2O2/c1-10-5-7-12(8-6-10)16-14(18)15-9-11-3-2-4-13(11)17/h10-13,17H,2-9H2,1H3,(H2,15,16,18)/t10?,11-,12?,13-/m0/s1. The van der Waals surface area contributed by atoms with Crippen molar-refractivity contribution in [3.8, 4) is 0 Å². The van der Waals surface area contributed by atoms with Gasteiger partial charge in [-0.05, 0) is 44.4 Å². The number of nitrogens with one attached hydrogen (secondary N) is 2. The average Bonchev–Trinajstić information content (AvgIpc) is 2.75. The first kappa shape index (κ1) is 13.7. The Morgan fingerprint density at radius 2 is 1.89 bits per heavy atom. The normalized spacial score (nSPS) is 36.3. The molecule has 3 N–H and O–H groups in total. The summed E-state index contributed by atoms with van der Waals surface area (Å²) in [5.74, 6) is 1.06. The van der Waals surface area contributed by atoms with E-state index in [1.165, 1.54) is 12.8 Å². The summed E-state index contributed by atoms with van der Waals surface area (Å²) in [4.78, 5) is 11.8. The maximum absolute atomic E-state index is 11.8. The first-order chi connectivity index (χ1) is 8.65. The summed E-state index contributed by atoms with van der Waals surface area (Å²) in [7, 11) is 0. The Morgan fingerprint density at radius 3 is 2.50 bits per heavy atom. The molecule has 0 aromatic heterocycles. The topological polar surface area (TPSA) is 61.4 Å². The van der Waals surface area contributed by atoms with Gasteiger partial charge in [0.1, 0.15) is 0 Å². The molecule has 0 saturated heterocycles. The fraction of sp³-hybridized carbons (Fsp3) is 0.929. The van der Waals surface area contributed by atoms with Crippen LogP contribution in [-0.4, -0.2) is 29.8 Å². The van der Waals surface area contributed by atoms with E-state index in [1.807, 2.05) is 0 Å². The van der Waals surface area contributed by atoms with Gasteiger partial charge in [-0.1, -0.05) is 13.3 Å². The predicted molar refractivity (Wildman–Crippen MR) is 71.3 cm³/mol. The number of carbonyl (C=O) groups is 1. The van der Waals surface area contributed by atoms with Crippen LogP contribution in [0.5, 0.6) is 0 Å². The van der Waals surface area contributed by atoms with Crippen molar-refractivity contribution in [3.05, 3.63) is 0 Å². The molecular weight excluding hydrogens is 228 g/mol. The van der Waals surface area contributed by atoms with Crippen LogP contribution in [0.3, 0.4) is 0 Å². The molecule has 0 unspecified atom stereocenters. The molecular formula is C14H26N2O2. The van der Waals surface area contributed by atoms with E-state index in [1.54, 1.807) is 0 Å². The molecule has 0 aliphatic heterocycles. The van der Waals surface area contributed by atoms with Gasteiger partial charge in [-0.25, -0.2) is 4.79 Å². The van der Waals surface area contributed by atoms with Gasteiger partial charge in [-0.3, -0.25) is 0 Å². The lowest BCUT2D eigenvalue weighted by atomic mass is 9.87. The third-order valence-electron chi connectivity index (χ3n) is 4.49. The maximum atomic E-state index is 11.8. The number of aliphatic hydroxyl groups is 1. The van der Waals surface area contributed by atoms with Gasteiger partial charge in [0.15, 0.2) is 0 Å². The molecule has 2 fully saturated rings. The highest BCUT2D eigenvalue weighted by Crippen LogP contribution is 2.25. The van der Waals surface area contributed by atoms with Crippen molar-refractivity contribution in [2.45, 2.75) is 64.0 Å². The van der Waals surface area contributed by atoms with E-state index in [-0.39, 0.29) is 18.1 Å². The summed E-state index contributed by atoms with van der Waals surface area (Å²) >= 11 is 0. The Labute approximate surface area is 110 Å². The number of urea groups is 1. The Kier molecular flexibility index (Phi) is 4.87. The minimum absolute atomic E-state index is 0.0614. The van der Waals surface area contributed by atoms with Crippen LogP contribution in [0, 0.1) is 11.8 Å². The summed E-state index contributed by atoms with van der Waals surface area (Å²) < 4.78 is 0.